The Morgan fingerprint density at radius 3 is 2.50 bits per heavy atom. The van der Waals surface area contributed by atoms with Crippen molar-refractivity contribution in [3.05, 3.63) is 29.6 Å². The lowest BCUT2D eigenvalue weighted by Gasteiger charge is -2.19. The van der Waals surface area contributed by atoms with Crippen molar-refractivity contribution >= 4 is 12.4 Å². The van der Waals surface area contributed by atoms with Crippen LogP contribution in [0.3, 0.4) is 0 Å². The summed E-state index contributed by atoms with van der Waals surface area (Å²) in [5.41, 5.74) is 6.02. The lowest BCUT2D eigenvalue weighted by molar-refractivity contribution is 0.121. The first-order valence-electron chi connectivity index (χ1n) is 5.01. The van der Waals surface area contributed by atoms with Gasteiger partial charge in [0.25, 0.3) is 0 Å². The molecule has 1 aromatic rings. The van der Waals surface area contributed by atoms with E-state index in [2.05, 4.69) is 0 Å². The Kier molecular flexibility index (Phi) is 4.13. The molecule has 0 amide bonds. The van der Waals surface area contributed by atoms with Crippen LogP contribution in [-0.2, 0) is 0 Å². The molecule has 0 heterocycles. The maximum Gasteiger partial charge on any atom is 0.131 e. The Hall–Kier alpha value is -0.840. The second-order valence-corrected chi connectivity index (χ2v) is 4.06. The first-order valence-corrected chi connectivity index (χ1v) is 5.01. The van der Waals surface area contributed by atoms with Crippen LogP contribution in [-0.4, -0.2) is 16.3 Å². The minimum Gasteiger partial charge on any atom is -0.508 e. The summed E-state index contributed by atoms with van der Waals surface area (Å²) < 4.78 is 13.4. The molecule has 0 bridgehead atoms. The molecule has 3 nitrogen and oxygen atoms in total. The molecule has 1 aliphatic rings. The minimum absolute atomic E-state index is 0. The molecular weight excluding hydrogens is 233 g/mol. The SMILES string of the molecule is Cl.N[C@H](c1ccc(O)cc1F)[C@@H](O)C1CC1. The van der Waals surface area contributed by atoms with Crippen LogP contribution in [0, 0.1) is 11.7 Å². The van der Waals surface area contributed by atoms with E-state index in [0.717, 1.165) is 18.9 Å². The fourth-order valence-electron chi connectivity index (χ4n) is 1.70. The summed E-state index contributed by atoms with van der Waals surface area (Å²) in [6.07, 6.45) is 1.22. The monoisotopic (exact) mass is 247 g/mol. The van der Waals surface area contributed by atoms with Crippen molar-refractivity contribution in [2.75, 3.05) is 0 Å². The van der Waals surface area contributed by atoms with Gasteiger partial charge in [0.05, 0.1) is 12.1 Å². The maximum atomic E-state index is 13.4. The van der Waals surface area contributed by atoms with E-state index in [-0.39, 0.29) is 29.6 Å². The summed E-state index contributed by atoms with van der Waals surface area (Å²) in [6, 6.07) is 3.09. The largest absolute Gasteiger partial charge is 0.508 e. The number of aliphatic hydroxyl groups excluding tert-OH is 1. The highest BCUT2D eigenvalue weighted by molar-refractivity contribution is 5.85. The van der Waals surface area contributed by atoms with E-state index in [9.17, 15) is 9.50 Å². The fourth-order valence-corrected chi connectivity index (χ4v) is 1.70. The zero-order valence-corrected chi connectivity index (χ0v) is 9.45. The van der Waals surface area contributed by atoms with Gasteiger partial charge in [0.2, 0.25) is 0 Å². The standard InChI is InChI=1S/C11H14FNO2.ClH/c12-9-5-7(14)3-4-8(9)10(13)11(15)6-1-2-6;/h3-6,10-11,14-15H,1-2,13H2;1H/t10-,11+;/m1./s1. The average molecular weight is 248 g/mol. The Morgan fingerprint density at radius 2 is 2.00 bits per heavy atom. The molecule has 0 radical (unpaired) electrons. The van der Waals surface area contributed by atoms with Crippen LogP contribution >= 0.6 is 12.4 Å². The van der Waals surface area contributed by atoms with Gasteiger partial charge in [-0.1, -0.05) is 6.07 Å². The summed E-state index contributed by atoms with van der Waals surface area (Å²) >= 11 is 0. The Morgan fingerprint density at radius 1 is 1.38 bits per heavy atom. The topological polar surface area (TPSA) is 66.5 Å². The molecule has 4 N–H and O–H groups in total. The zero-order valence-electron chi connectivity index (χ0n) is 8.64. The smallest absolute Gasteiger partial charge is 0.131 e. The molecular formula is C11H15ClFNO2. The summed E-state index contributed by atoms with van der Waals surface area (Å²) in [5, 5.41) is 18.8. The lowest BCUT2D eigenvalue weighted by Crippen LogP contribution is -2.28. The van der Waals surface area contributed by atoms with E-state index < -0.39 is 18.0 Å². The van der Waals surface area contributed by atoms with Crippen molar-refractivity contribution in [3.8, 4) is 5.75 Å². The molecule has 0 aromatic heterocycles. The number of phenolic OH excluding ortho intramolecular Hbond substituents is 1. The number of rotatable bonds is 3. The van der Waals surface area contributed by atoms with Gasteiger partial charge in [0.15, 0.2) is 0 Å². The highest BCUT2D eigenvalue weighted by Crippen LogP contribution is 2.37. The van der Waals surface area contributed by atoms with E-state index in [4.69, 9.17) is 10.8 Å². The quantitative estimate of drug-likeness (QED) is 0.762. The molecule has 0 unspecified atom stereocenters. The number of hydrogen-bond donors (Lipinski definition) is 3. The van der Waals surface area contributed by atoms with Crippen LogP contribution in [0.1, 0.15) is 24.4 Å². The third-order valence-electron chi connectivity index (χ3n) is 2.82. The predicted octanol–water partition coefficient (Wildman–Crippen LogP) is 1.72. The maximum absolute atomic E-state index is 13.4. The second-order valence-electron chi connectivity index (χ2n) is 4.06. The van der Waals surface area contributed by atoms with Gasteiger partial charge in [0, 0.05) is 11.6 Å². The fraction of sp³-hybridized carbons (Fsp3) is 0.455. The third kappa shape index (κ3) is 2.64. The molecule has 1 aromatic carbocycles. The molecule has 16 heavy (non-hydrogen) atoms. The third-order valence-corrected chi connectivity index (χ3v) is 2.82. The minimum atomic E-state index is -0.710. The molecule has 1 saturated carbocycles. The van der Waals surface area contributed by atoms with Gasteiger partial charge in [-0.3, -0.25) is 0 Å². The van der Waals surface area contributed by atoms with E-state index in [0.29, 0.717) is 0 Å². The molecule has 5 heteroatoms. The predicted molar refractivity (Wildman–Crippen MR) is 61.0 cm³/mol. The van der Waals surface area contributed by atoms with Gasteiger partial charge in [0.1, 0.15) is 11.6 Å². The van der Waals surface area contributed by atoms with Crippen LogP contribution in [0.2, 0.25) is 0 Å². The molecule has 1 fully saturated rings. The molecule has 0 aliphatic heterocycles. The summed E-state index contributed by atoms with van der Waals surface area (Å²) in [7, 11) is 0. The van der Waals surface area contributed by atoms with Crippen LogP contribution in [0.25, 0.3) is 0 Å². The number of aliphatic hydroxyl groups is 1. The summed E-state index contributed by atoms with van der Waals surface area (Å²) in [6.45, 7) is 0. The number of benzene rings is 1. The van der Waals surface area contributed by atoms with Gasteiger partial charge in [-0.25, -0.2) is 4.39 Å². The molecule has 0 spiro atoms. The first-order chi connectivity index (χ1) is 7.09. The summed E-state index contributed by atoms with van der Waals surface area (Å²) in [5.74, 6) is -0.500. The van der Waals surface area contributed by atoms with Crippen LogP contribution < -0.4 is 5.73 Å². The second kappa shape index (κ2) is 4.99. The van der Waals surface area contributed by atoms with Gasteiger partial charge < -0.3 is 15.9 Å². The lowest BCUT2D eigenvalue weighted by atomic mass is 9.98. The molecule has 90 valence electrons. The van der Waals surface area contributed by atoms with E-state index in [1.165, 1.54) is 12.1 Å². The number of phenols is 1. The van der Waals surface area contributed by atoms with E-state index in [1.807, 2.05) is 0 Å². The van der Waals surface area contributed by atoms with Gasteiger partial charge in [-0.15, -0.1) is 12.4 Å². The van der Waals surface area contributed by atoms with Crippen molar-refractivity contribution in [1.29, 1.82) is 0 Å². The van der Waals surface area contributed by atoms with Gasteiger partial charge in [-0.2, -0.15) is 0 Å². The van der Waals surface area contributed by atoms with Crippen LogP contribution in [0.4, 0.5) is 4.39 Å². The Labute approximate surface area is 99.5 Å². The Bertz CT molecular complexity index is 371. The van der Waals surface area contributed by atoms with Crippen molar-refractivity contribution in [2.45, 2.75) is 25.0 Å². The van der Waals surface area contributed by atoms with Gasteiger partial charge in [-0.05, 0) is 24.8 Å². The van der Waals surface area contributed by atoms with Crippen molar-refractivity contribution in [2.24, 2.45) is 11.7 Å². The highest BCUT2D eigenvalue weighted by atomic mass is 35.5. The van der Waals surface area contributed by atoms with Gasteiger partial charge >= 0.3 is 0 Å². The Balaban J connectivity index is 0.00000128. The number of halogens is 2. The number of aromatic hydroxyl groups is 1. The molecule has 1 aliphatic carbocycles. The van der Waals surface area contributed by atoms with Crippen LogP contribution in [0.5, 0.6) is 5.75 Å². The van der Waals surface area contributed by atoms with E-state index in [1.54, 1.807) is 0 Å². The highest BCUT2D eigenvalue weighted by Gasteiger charge is 2.35. The molecule has 0 saturated heterocycles. The molecule has 2 rings (SSSR count). The first kappa shape index (κ1) is 13.2. The van der Waals surface area contributed by atoms with Crippen molar-refractivity contribution < 1.29 is 14.6 Å². The summed E-state index contributed by atoms with van der Waals surface area (Å²) in [4.78, 5) is 0. The normalized spacial score (nSPS) is 18.7. The number of nitrogens with two attached hydrogens (primary N) is 1. The molecule has 2 atom stereocenters. The average Bonchev–Trinajstić information content (AvgIpc) is 2.99. The van der Waals surface area contributed by atoms with Crippen molar-refractivity contribution in [1.82, 2.24) is 0 Å². The van der Waals surface area contributed by atoms with Crippen LogP contribution in [0.15, 0.2) is 18.2 Å². The van der Waals surface area contributed by atoms with E-state index >= 15 is 0 Å². The zero-order chi connectivity index (χ0) is 11.0. The van der Waals surface area contributed by atoms with Crippen molar-refractivity contribution in [3.63, 3.8) is 0 Å². The number of hydrogen-bond acceptors (Lipinski definition) is 3.